The van der Waals surface area contributed by atoms with Gasteiger partial charge in [0, 0.05) is 19.3 Å². The number of hydrogen-bond donors (Lipinski definition) is 0. The lowest BCUT2D eigenvalue weighted by atomic mass is 10.0. The predicted octanol–water partition coefficient (Wildman–Crippen LogP) is 25.0. The Labute approximate surface area is 515 Å². The highest BCUT2D eigenvalue weighted by Crippen LogP contribution is 2.18. The van der Waals surface area contributed by atoms with Gasteiger partial charge in [-0.15, -0.1) is 0 Å². The zero-order chi connectivity index (χ0) is 59.9. The van der Waals surface area contributed by atoms with Crippen LogP contribution in [0.15, 0.2) is 85.1 Å². The van der Waals surface area contributed by atoms with Crippen molar-refractivity contribution >= 4 is 17.9 Å². The van der Waals surface area contributed by atoms with E-state index in [2.05, 4.69) is 106 Å². The minimum atomic E-state index is -0.783. The SMILES string of the molecule is CC/C=C\C/C=C\C/C=C\C/C=C\C/C=C\CCCCCCCCCC(=O)OC(COC(=O)CCCCCCCCCCCCCCCCC)COC(=O)CCCCCCCCCCCCCCCCC/C=C\C/C=C\CCCCCCC. The smallest absolute Gasteiger partial charge is 0.306 e. The average Bonchev–Trinajstić information content (AvgIpc) is 3.49. The molecule has 0 radical (unpaired) electrons. The van der Waals surface area contributed by atoms with Crippen LogP contribution in [0.3, 0.4) is 0 Å². The molecule has 0 saturated carbocycles. The number of carbonyl (C=O) groups excluding carboxylic acids is 3. The maximum absolute atomic E-state index is 13.0. The van der Waals surface area contributed by atoms with Gasteiger partial charge < -0.3 is 14.2 Å². The van der Waals surface area contributed by atoms with Crippen molar-refractivity contribution in [1.29, 1.82) is 0 Å². The molecule has 0 heterocycles. The molecule has 0 rings (SSSR count). The van der Waals surface area contributed by atoms with Crippen molar-refractivity contribution in [2.45, 2.75) is 374 Å². The van der Waals surface area contributed by atoms with Crippen molar-refractivity contribution < 1.29 is 28.6 Å². The Morgan fingerprint density at radius 3 is 0.735 bits per heavy atom. The van der Waals surface area contributed by atoms with Gasteiger partial charge in [-0.25, -0.2) is 0 Å². The third kappa shape index (κ3) is 69.3. The van der Waals surface area contributed by atoms with Crippen LogP contribution in [-0.4, -0.2) is 37.2 Å². The van der Waals surface area contributed by atoms with Crippen LogP contribution in [0, 0.1) is 0 Å². The van der Waals surface area contributed by atoms with Crippen molar-refractivity contribution in [2.24, 2.45) is 0 Å². The molecule has 0 aromatic carbocycles. The Hall–Kier alpha value is -3.41. The predicted molar refractivity (Wildman–Crippen MR) is 362 cm³/mol. The standard InChI is InChI=1S/C77H136O6/c1-4-7-10-13-16-19-22-25-28-30-32-34-36-37-38-39-41-42-44-46-49-52-55-58-61-64-67-70-76(79)82-73-74(72-81-75(78)69-66-63-60-57-54-51-48-27-24-21-18-15-12-9-6-3)83-77(80)71-68-65-62-59-56-53-50-47-45-43-40-35-33-31-29-26-23-20-17-14-11-8-5-2/h8,11,17,20,22,25-26,29-30,32-33,35,43,45,74H,4-7,9-10,12-16,18-19,21,23-24,27-28,31,34,36-42,44,46-73H2,1-3H3/b11-8-,20-17-,25-22-,29-26-,32-30-,35-33-,45-43-. The van der Waals surface area contributed by atoms with E-state index >= 15 is 0 Å². The van der Waals surface area contributed by atoms with E-state index in [9.17, 15) is 14.4 Å². The third-order valence-corrected chi connectivity index (χ3v) is 15.9. The molecule has 0 bridgehead atoms. The quantitative estimate of drug-likeness (QED) is 0.0261. The van der Waals surface area contributed by atoms with Crippen LogP contribution in [-0.2, 0) is 28.6 Å². The average molecular weight is 1160 g/mol. The van der Waals surface area contributed by atoms with Crippen LogP contribution in [0.5, 0.6) is 0 Å². The topological polar surface area (TPSA) is 78.9 Å². The molecule has 0 aromatic rings. The lowest BCUT2D eigenvalue weighted by molar-refractivity contribution is -0.167. The molecule has 0 N–H and O–H groups in total. The maximum atomic E-state index is 13.0. The van der Waals surface area contributed by atoms with E-state index < -0.39 is 6.10 Å². The summed E-state index contributed by atoms with van der Waals surface area (Å²) in [6.07, 6.45) is 94.6. The molecule has 0 aliphatic heterocycles. The van der Waals surface area contributed by atoms with Crippen LogP contribution < -0.4 is 0 Å². The molecule has 0 saturated heterocycles. The van der Waals surface area contributed by atoms with Crippen molar-refractivity contribution in [3.05, 3.63) is 85.1 Å². The molecule has 0 aromatic heterocycles. The van der Waals surface area contributed by atoms with E-state index in [1.807, 2.05) is 0 Å². The summed E-state index contributed by atoms with van der Waals surface area (Å²) in [4.78, 5) is 38.5. The Bertz CT molecular complexity index is 1570. The Morgan fingerprint density at radius 2 is 0.470 bits per heavy atom. The van der Waals surface area contributed by atoms with Gasteiger partial charge >= 0.3 is 17.9 Å². The van der Waals surface area contributed by atoms with Gasteiger partial charge in [-0.1, -0.05) is 337 Å². The zero-order valence-electron chi connectivity index (χ0n) is 55.2. The number of esters is 3. The molecule has 0 fully saturated rings. The van der Waals surface area contributed by atoms with Crippen LogP contribution in [0.2, 0.25) is 0 Å². The Morgan fingerprint density at radius 1 is 0.253 bits per heavy atom. The van der Waals surface area contributed by atoms with Gasteiger partial charge in [-0.3, -0.25) is 14.4 Å². The molecular weight excluding hydrogens is 1020 g/mol. The summed E-state index contributed by atoms with van der Waals surface area (Å²) in [7, 11) is 0. The second kappa shape index (κ2) is 71.1. The molecule has 1 atom stereocenters. The maximum Gasteiger partial charge on any atom is 0.306 e. The summed E-state index contributed by atoms with van der Waals surface area (Å²) in [5.74, 6) is -0.866. The Balaban J connectivity index is 4.31. The van der Waals surface area contributed by atoms with E-state index in [1.54, 1.807) is 0 Å². The summed E-state index contributed by atoms with van der Waals surface area (Å²) in [5, 5.41) is 0. The Kier molecular flexibility index (Phi) is 68.2. The fraction of sp³-hybridized carbons (Fsp3) is 0.779. The van der Waals surface area contributed by atoms with Crippen LogP contribution in [0.1, 0.15) is 367 Å². The largest absolute Gasteiger partial charge is 0.462 e. The van der Waals surface area contributed by atoms with Crippen molar-refractivity contribution in [3.8, 4) is 0 Å². The van der Waals surface area contributed by atoms with E-state index in [4.69, 9.17) is 14.2 Å². The highest BCUT2D eigenvalue weighted by atomic mass is 16.6. The van der Waals surface area contributed by atoms with E-state index in [-0.39, 0.29) is 31.1 Å². The lowest BCUT2D eigenvalue weighted by Crippen LogP contribution is -2.30. The second-order valence-corrected chi connectivity index (χ2v) is 24.1. The number of unbranched alkanes of at least 4 members (excludes halogenated alkanes) is 41. The fourth-order valence-corrected chi connectivity index (χ4v) is 10.5. The molecule has 0 aliphatic rings. The molecule has 0 amide bonds. The van der Waals surface area contributed by atoms with Gasteiger partial charge in [0.2, 0.25) is 0 Å². The van der Waals surface area contributed by atoms with E-state index in [0.29, 0.717) is 19.3 Å². The van der Waals surface area contributed by atoms with Gasteiger partial charge in [0.1, 0.15) is 13.2 Å². The first-order chi connectivity index (χ1) is 41.0. The number of allylic oxidation sites excluding steroid dienone is 14. The molecule has 6 nitrogen and oxygen atoms in total. The van der Waals surface area contributed by atoms with Gasteiger partial charge in [-0.2, -0.15) is 0 Å². The number of hydrogen-bond acceptors (Lipinski definition) is 6. The summed E-state index contributed by atoms with van der Waals surface area (Å²) in [6.45, 7) is 6.56. The van der Waals surface area contributed by atoms with Crippen LogP contribution in [0.4, 0.5) is 0 Å². The number of carbonyl (C=O) groups is 3. The summed E-state index contributed by atoms with van der Waals surface area (Å²) < 4.78 is 17.0. The monoisotopic (exact) mass is 1160 g/mol. The molecule has 0 spiro atoms. The first-order valence-corrected chi connectivity index (χ1v) is 36.1. The molecule has 480 valence electrons. The van der Waals surface area contributed by atoms with Crippen LogP contribution >= 0.6 is 0 Å². The number of rotatable bonds is 66. The molecular formula is C77H136O6. The lowest BCUT2D eigenvalue weighted by Gasteiger charge is -2.18. The third-order valence-electron chi connectivity index (χ3n) is 15.9. The fourth-order valence-electron chi connectivity index (χ4n) is 10.5. The van der Waals surface area contributed by atoms with Crippen molar-refractivity contribution in [3.63, 3.8) is 0 Å². The molecule has 6 heteroatoms. The van der Waals surface area contributed by atoms with Crippen molar-refractivity contribution in [1.82, 2.24) is 0 Å². The second-order valence-electron chi connectivity index (χ2n) is 24.1. The molecule has 0 aliphatic carbocycles. The van der Waals surface area contributed by atoms with Gasteiger partial charge in [0.25, 0.3) is 0 Å². The molecule has 1 unspecified atom stereocenters. The summed E-state index contributed by atoms with van der Waals surface area (Å²) >= 11 is 0. The van der Waals surface area contributed by atoms with Gasteiger partial charge in [0.15, 0.2) is 6.10 Å². The minimum Gasteiger partial charge on any atom is -0.462 e. The summed E-state index contributed by atoms with van der Waals surface area (Å²) in [6, 6.07) is 0. The first-order valence-electron chi connectivity index (χ1n) is 36.1. The van der Waals surface area contributed by atoms with Gasteiger partial charge in [-0.05, 0) is 96.3 Å². The minimum absolute atomic E-state index is 0.0769. The van der Waals surface area contributed by atoms with Crippen LogP contribution in [0.25, 0.3) is 0 Å². The summed E-state index contributed by atoms with van der Waals surface area (Å²) in [5.41, 5.74) is 0. The molecule has 83 heavy (non-hydrogen) atoms. The highest BCUT2D eigenvalue weighted by Gasteiger charge is 2.19. The van der Waals surface area contributed by atoms with E-state index in [1.165, 1.54) is 225 Å². The van der Waals surface area contributed by atoms with Crippen molar-refractivity contribution in [2.75, 3.05) is 13.2 Å². The number of ether oxygens (including phenoxy) is 3. The van der Waals surface area contributed by atoms with E-state index in [0.717, 1.165) is 103 Å². The zero-order valence-corrected chi connectivity index (χ0v) is 55.2. The van der Waals surface area contributed by atoms with Gasteiger partial charge in [0.05, 0.1) is 0 Å². The highest BCUT2D eigenvalue weighted by molar-refractivity contribution is 5.71. The first kappa shape index (κ1) is 79.6. The normalized spacial score (nSPS) is 12.6.